The molecule has 2 fully saturated rings. The van der Waals surface area contributed by atoms with Crippen LogP contribution in [0.15, 0.2) is 35.9 Å². The summed E-state index contributed by atoms with van der Waals surface area (Å²) in [5.74, 6) is -1.92. The van der Waals surface area contributed by atoms with Gasteiger partial charge in [0, 0.05) is 25.2 Å². The summed E-state index contributed by atoms with van der Waals surface area (Å²) in [5, 5.41) is 31.8. The van der Waals surface area contributed by atoms with Gasteiger partial charge in [0.15, 0.2) is 0 Å². The van der Waals surface area contributed by atoms with E-state index in [9.17, 15) is 29.3 Å². The van der Waals surface area contributed by atoms with Crippen molar-refractivity contribution in [3.05, 3.63) is 47.3 Å². The number of carbonyl (C=O) groups is 2. The van der Waals surface area contributed by atoms with Gasteiger partial charge in [0.05, 0.1) is 24.7 Å². The van der Waals surface area contributed by atoms with Gasteiger partial charge in [-0.1, -0.05) is 12.1 Å². The molecule has 2 atom stereocenters. The Hall–Kier alpha value is -2.98. The molecule has 212 valence electrons. The number of carbonyl (C=O) groups excluding carboxylic acids is 2. The number of rotatable bonds is 9. The van der Waals surface area contributed by atoms with Gasteiger partial charge in [-0.25, -0.2) is 9.18 Å². The summed E-state index contributed by atoms with van der Waals surface area (Å²) in [6, 6.07) is 7.55. The summed E-state index contributed by atoms with van der Waals surface area (Å²) < 4.78 is 24.1. The fourth-order valence-electron chi connectivity index (χ4n) is 5.07. The van der Waals surface area contributed by atoms with Crippen molar-refractivity contribution in [2.24, 2.45) is 0 Å². The number of alkyl carbamates (subject to hydrolysis) is 1. The van der Waals surface area contributed by atoms with Crippen molar-refractivity contribution in [2.75, 3.05) is 39.5 Å². The minimum atomic E-state index is -1.87. The molecule has 10 nitrogen and oxygen atoms in total. The average molecular weight is 544 g/mol. The molecule has 1 unspecified atom stereocenters. The smallest absolute Gasteiger partial charge is 0.447 e. The van der Waals surface area contributed by atoms with Gasteiger partial charge in [0.1, 0.15) is 24.1 Å². The molecule has 0 saturated carbocycles. The Bertz CT molecular complexity index is 1070. The van der Waals surface area contributed by atoms with Crippen molar-refractivity contribution in [1.29, 1.82) is 5.26 Å². The molecular formula is C27H38BFN4O6. The van der Waals surface area contributed by atoms with Crippen LogP contribution in [0.3, 0.4) is 0 Å². The molecule has 3 N–H and O–H groups in total. The molecule has 0 spiro atoms. The molecule has 2 aliphatic heterocycles. The van der Waals surface area contributed by atoms with Gasteiger partial charge in [-0.05, 0) is 70.2 Å². The van der Waals surface area contributed by atoms with E-state index in [-0.39, 0.29) is 18.6 Å². The number of nitrogens with zero attached hydrogens (tertiary/aromatic N) is 3. The summed E-state index contributed by atoms with van der Waals surface area (Å²) >= 11 is 0. The molecule has 3 rings (SSSR count). The van der Waals surface area contributed by atoms with Crippen molar-refractivity contribution in [3.8, 4) is 6.07 Å². The van der Waals surface area contributed by atoms with E-state index < -0.39 is 42.0 Å². The number of amides is 2. The highest BCUT2D eigenvalue weighted by Gasteiger charge is 2.41. The van der Waals surface area contributed by atoms with Crippen LogP contribution < -0.4 is 5.32 Å². The maximum atomic E-state index is 13.6. The van der Waals surface area contributed by atoms with Crippen LogP contribution in [0.1, 0.15) is 45.6 Å². The zero-order valence-corrected chi connectivity index (χ0v) is 22.9. The molecule has 12 heteroatoms. The molecule has 0 aliphatic carbocycles. The van der Waals surface area contributed by atoms with Crippen molar-refractivity contribution >= 4 is 19.1 Å². The Labute approximate surface area is 229 Å². The summed E-state index contributed by atoms with van der Waals surface area (Å²) in [6.45, 7) is 8.60. The van der Waals surface area contributed by atoms with E-state index in [1.807, 2.05) is 20.8 Å². The van der Waals surface area contributed by atoms with E-state index in [2.05, 4.69) is 16.3 Å². The largest absolute Gasteiger partial charge is 0.475 e. The number of nitriles is 1. The van der Waals surface area contributed by atoms with E-state index in [4.69, 9.17) is 9.47 Å². The molecule has 0 bridgehead atoms. The van der Waals surface area contributed by atoms with E-state index in [0.29, 0.717) is 44.8 Å². The van der Waals surface area contributed by atoms with Crippen LogP contribution in [0.2, 0.25) is 0 Å². The predicted octanol–water partition coefficient (Wildman–Crippen LogP) is 1.81. The lowest BCUT2D eigenvalue weighted by Crippen LogP contribution is -2.57. The van der Waals surface area contributed by atoms with E-state index in [0.717, 1.165) is 12.8 Å². The third-order valence-electron chi connectivity index (χ3n) is 7.46. The zero-order chi connectivity index (χ0) is 28.6. The second kappa shape index (κ2) is 13.4. The van der Waals surface area contributed by atoms with Crippen LogP contribution in [0, 0.1) is 17.1 Å². The number of nitrogens with one attached hydrogen (secondary N) is 1. The zero-order valence-electron chi connectivity index (χ0n) is 22.9. The number of piperidine rings is 1. The van der Waals surface area contributed by atoms with Gasteiger partial charge in [-0.3, -0.25) is 9.69 Å². The number of hydrogen-bond acceptors (Lipinski definition) is 8. The SMILES string of the molecule is CC(C)(C=C(C#N)C(=O)N1CCCCC1(C)COC(=O)N[C@@H](Cc1ccc(F)cc1)B(O)O)N1CCOCC1. The highest BCUT2D eigenvalue weighted by Crippen LogP contribution is 2.31. The summed E-state index contributed by atoms with van der Waals surface area (Å²) in [7, 11) is -1.87. The first-order valence-corrected chi connectivity index (χ1v) is 13.3. The average Bonchev–Trinajstić information content (AvgIpc) is 2.92. The van der Waals surface area contributed by atoms with Gasteiger partial charge < -0.3 is 29.7 Å². The molecule has 0 aromatic heterocycles. The molecular weight excluding hydrogens is 506 g/mol. The normalized spacial score (nSPS) is 21.6. The van der Waals surface area contributed by atoms with Gasteiger partial charge in [-0.15, -0.1) is 0 Å². The first-order chi connectivity index (χ1) is 18.4. The molecule has 1 aromatic carbocycles. The van der Waals surface area contributed by atoms with E-state index >= 15 is 0 Å². The maximum absolute atomic E-state index is 13.6. The quantitative estimate of drug-likeness (QED) is 0.244. The van der Waals surface area contributed by atoms with Gasteiger partial charge in [0.25, 0.3) is 5.91 Å². The monoisotopic (exact) mass is 544 g/mol. The minimum Gasteiger partial charge on any atom is -0.447 e. The number of benzene rings is 1. The third kappa shape index (κ3) is 8.26. The van der Waals surface area contributed by atoms with Crippen molar-refractivity contribution in [3.63, 3.8) is 0 Å². The Morgan fingerprint density at radius 3 is 2.54 bits per heavy atom. The number of morpholine rings is 1. The van der Waals surface area contributed by atoms with Crippen molar-refractivity contribution in [2.45, 2.75) is 63.5 Å². The molecule has 0 radical (unpaired) electrons. The van der Waals surface area contributed by atoms with Gasteiger partial charge >= 0.3 is 13.2 Å². The molecule has 39 heavy (non-hydrogen) atoms. The molecule has 2 heterocycles. The molecule has 1 aromatic rings. The number of ether oxygens (including phenoxy) is 2. The van der Waals surface area contributed by atoms with Gasteiger partial charge in [-0.2, -0.15) is 5.26 Å². The summed E-state index contributed by atoms with van der Waals surface area (Å²) in [5.41, 5.74) is -0.748. The lowest BCUT2D eigenvalue weighted by molar-refractivity contribution is -0.136. The number of halogens is 1. The maximum Gasteiger partial charge on any atom is 0.475 e. The standard InChI is InChI=1S/C27H38BFN4O6/c1-26(2,32-12-14-38-15-13-32)17-21(18-30)24(34)33-11-5-4-10-27(33,3)19-39-25(35)31-23(28(36)37)16-20-6-8-22(29)9-7-20/h6-9,17,23,36-37H,4-5,10-16,19H2,1-3H3,(H,31,35)/t23-,27?/m0/s1. The Balaban J connectivity index is 1.67. The lowest BCUT2D eigenvalue weighted by atomic mass is 9.76. The van der Waals surface area contributed by atoms with Crippen LogP contribution in [0.4, 0.5) is 9.18 Å². The molecule has 2 aliphatic rings. The molecule has 2 amide bonds. The first kappa shape index (κ1) is 30.6. The van der Waals surface area contributed by atoms with Gasteiger partial charge in [0.2, 0.25) is 0 Å². The van der Waals surface area contributed by atoms with Crippen LogP contribution >= 0.6 is 0 Å². The Morgan fingerprint density at radius 2 is 1.92 bits per heavy atom. The second-order valence-corrected chi connectivity index (χ2v) is 10.9. The van der Waals surface area contributed by atoms with Crippen LogP contribution in [-0.2, 0) is 20.7 Å². The topological polar surface area (TPSA) is 135 Å². The van der Waals surface area contributed by atoms with Crippen molar-refractivity contribution in [1.82, 2.24) is 15.1 Å². The lowest BCUT2D eigenvalue weighted by Gasteiger charge is -2.44. The van der Waals surface area contributed by atoms with E-state index in [1.165, 1.54) is 24.3 Å². The second-order valence-electron chi connectivity index (χ2n) is 10.9. The highest BCUT2D eigenvalue weighted by molar-refractivity contribution is 6.43. The minimum absolute atomic E-state index is 0.0341. The Morgan fingerprint density at radius 1 is 1.26 bits per heavy atom. The fourth-order valence-corrected chi connectivity index (χ4v) is 5.07. The first-order valence-electron chi connectivity index (χ1n) is 13.3. The highest BCUT2D eigenvalue weighted by atomic mass is 19.1. The van der Waals surface area contributed by atoms with Crippen LogP contribution in [-0.4, -0.2) is 95.4 Å². The van der Waals surface area contributed by atoms with Crippen LogP contribution in [0.5, 0.6) is 0 Å². The predicted molar refractivity (Wildman–Crippen MR) is 143 cm³/mol. The summed E-state index contributed by atoms with van der Waals surface area (Å²) in [6.07, 6.45) is 3.02. The third-order valence-corrected chi connectivity index (χ3v) is 7.46. The summed E-state index contributed by atoms with van der Waals surface area (Å²) in [4.78, 5) is 30.0. The fraction of sp³-hybridized carbons (Fsp3) is 0.593. The van der Waals surface area contributed by atoms with E-state index in [1.54, 1.807) is 11.0 Å². The number of likely N-dealkylation sites (tertiary alicyclic amines) is 1. The van der Waals surface area contributed by atoms with Crippen LogP contribution in [0.25, 0.3) is 0 Å². The molecule has 2 saturated heterocycles. The van der Waals surface area contributed by atoms with Crippen molar-refractivity contribution < 1.29 is 33.5 Å². The number of hydrogen-bond donors (Lipinski definition) is 3. The Kier molecular flexibility index (Phi) is 10.5.